The van der Waals surface area contributed by atoms with Crippen molar-refractivity contribution in [2.24, 2.45) is 4.99 Å². The summed E-state index contributed by atoms with van der Waals surface area (Å²) in [5.74, 6) is -2.45. The number of halogens is 2. The third-order valence-electron chi connectivity index (χ3n) is 7.18. The number of aliphatic imine (C=N–C) groups is 1. The van der Waals surface area contributed by atoms with Crippen molar-refractivity contribution in [3.8, 4) is 6.07 Å². The zero-order chi connectivity index (χ0) is 33.1. The molecule has 0 radical (unpaired) electrons. The lowest BCUT2D eigenvalue weighted by atomic mass is 9.93. The average molecular weight is 623 g/mol. The molecule has 0 unspecified atom stereocenters. The molecular formula is C32H36F2N6O5. The summed E-state index contributed by atoms with van der Waals surface area (Å²) >= 11 is 0. The normalized spacial score (nSPS) is 18.1. The number of amides is 3. The predicted octanol–water partition coefficient (Wildman–Crippen LogP) is 3.64. The molecule has 11 nitrogen and oxygen atoms in total. The highest BCUT2D eigenvalue weighted by Gasteiger charge is 2.25. The Labute approximate surface area is 259 Å². The van der Waals surface area contributed by atoms with Gasteiger partial charge in [-0.25, -0.2) is 13.6 Å². The summed E-state index contributed by atoms with van der Waals surface area (Å²) in [6.07, 6.45) is 3.33. The molecule has 1 aromatic heterocycles. The number of furan rings is 1. The fraction of sp³-hybridized carbons (Fsp3) is 0.344. The van der Waals surface area contributed by atoms with E-state index in [0.29, 0.717) is 41.2 Å². The maximum Gasteiger partial charge on any atom is 0.319 e. The van der Waals surface area contributed by atoms with Gasteiger partial charge in [-0.2, -0.15) is 5.26 Å². The van der Waals surface area contributed by atoms with Crippen LogP contribution in [0.3, 0.4) is 0 Å². The smallest absolute Gasteiger partial charge is 0.319 e. The summed E-state index contributed by atoms with van der Waals surface area (Å²) in [6.45, 7) is 3.50. The van der Waals surface area contributed by atoms with E-state index in [1.807, 2.05) is 12.1 Å². The second-order valence-electron chi connectivity index (χ2n) is 10.3. The van der Waals surface area contributed by atoms with Crippen molar-refractivity contribution in [1.82, 2.24) is 21.3 Å². The molecule has 0 saturated carbocycles. The Balaban J connectivity index is 1.81. The first kappa shape index (κ1) is 34.6. The molecule has 1 aliphatic rings. The van der Waals surface area contributed by atoms with E-state index in [0.717, 1.165) is 12.1 Å². The maximum atomic E-state index is 13.9. The second-order valence-corrected chi connectivity index (χ2v) is 10.3. The van der Waals surface area contributed by atoms with Crippen LogP contribution >= 0.6 is 0 Å². The number of aliphatic hydroxyl groups excluding tert-OH is 1. The van der Waals surface area contributed by atoms with E-state index >= 15 is 0 Å². The van der Waals surface area contributed by atoms with E-state index in [1.165, 1.54) is 25.3 Å². The number of allylic oxidation sites excluding steroid dienone is 5. The topological polar surface area (TPSA) is 169 Å². The Morgan fingerprint density at radius 3 is 2.58 bits per heavy atom. The highest BCUT2D eigenvalue weighted by atomic mass is 19.2. The minimum Gasteiger partial charge on any atom is -0.449 e. The lowest BCUT2D eigenvalue weighted by Crippen LogP contribution is -2.49. The fourth-order valence-corrected chi connectivity index (χ4v) is 4.66. The van der Waals surface area contributed by atoms with E-state index in [-0.39, 0.29) is 42.2 Å². The summed E-state index contributed by atoms with van der Waals surface area (Å²) in [6, 6.07) is 6.21. The van der Waals surface area contributed by atoms with Crippen molar-refractivity contribution >= 4 is 23.4 Å². The van der Waals surface area contributed by atoms with Crippen LogP contribution < -0.4 is 21.3 Å². The van der Waals surface area contributed by atoms with Crippen LogP contribution in [0.4, 0.5) is 13.6 Å². The predicted molar refractivity (Wildman–Crippen MR) is 163 cm³/mol. The van der Waals surface area contributed by atoms with Crippen molar-refractivity contribution < 1.29 is 32.7 Å². The van der Waals surface area contributed by atoms with Gasteiger partial charge in [-0.1, -0.05) is 12.1 Å². The fourth-order valence-electron chi connectivity index (χ4n) is 4.66. The number of nitrogens with one attached hydrogen (secondary N) is 4. The first-order valence-corrected chi connectivity index (χ1v) is 14.2. The van der Waals surface area contributed by atoms with Gasteiger partial charge in [-0.15, -0.1) is 0 Å². The van der Waals surface area contributed by atoms with Gasteiger partial charge < -0.3 is 30.8 Å². The van der Waals surface area contributed by atoms with Crippen LogP contribution in [0.2, 0.25) is 0 Å². The SMILES string of the molecule is C/N=C(C1=C/CCCC(=O)/C(C(=O)NC)=C\1)\C(C)=C(/C)NC(=O)N[C@H](CNCc1ccc(C#N)o1)[C@@H](O)c1ccc(F)c(F)c1. The van der Waals surface area contributed by atoms with Gasteiger partial charge in [0.15, 0.2) is 17.4 Å². The molecule has 3 rings (SSSR count). The first-order valence-electron chi connectivity index (χ1n) is 14.2. The number of aliphatic hydroxyl groups is 1. The van der Waals surface area contributed by atoms with E-state index < -0.39 is 35.7 Å². The number of carbonyl (C=O) groups is 3. The summed E-state index contributed by atoms with van der Waals surface area (Å²) in [5.41, 5.74) is 2.02. The van der Waals surface area contributed by atoms with Gasteiger partial charge in [-0.05, 0) is 73.7 Å². The highest BCUT2D eigenvalue weighted by Crippen LogP contribution is 2.22. The summed E-state index contributed by atoms with van der Waals surface area (Å²) in [4.78, 5) is 42.5. The van der Waals surface area contributed by atoms with Crippen molar-refractivity contribution in [1.29, 1.82) is 5.26 Å². The first-order chi connectivity index (χ1) is 21.5. The summed E-state index contributed by atoms with van der Waals surface area (Å²) in [7, 11) is 3.00. The molecule has 0 saturated heterocycles. The molecule has 0 bridgehead atoms. The number of carbonyl (C=O) groups excluding carboxylic acids is 3. The van der Waals surface area contributed by atoms with Gasteiger partial charge in [0, 0.05) is 32.8 Å². The molecule has 2 atom stereocenters. The average Bonchev–Trinajstić information content (AvgIpc) is 3.48. The molecule has 0 fully saturated rings. The molecule has 1 heterocycles. The molecule has 0 aliphatic heterocycles. The van der Waals surface area contributed by atoms with Crippen LogP contribution in [-0.4, -0.2) is 55.2 Å². The minimum atomic E-state index is -1.44. The zero-order valence-electron chi connectivity index (χ0n) is 25.5. The third-order valence-corrected chi connectivity index (χ3v) is 7.18. The largest absolute Gasteiger partial charge is 0.449 e. The molecule has 0 spiro atoms. The number of Topliss-reactive ketones (excluding diaryl/α,β-unsaturated/α-hetero) is 1. The maximum absolute atomic E-state index is 13.9. The molecule has 3 amide bonds. The molecule has 2 aromatic rings. The Bertz CT molecular complexity index is 1600. The zero-order valence-corrected chi connectivity index (χ0v) is 25.5. The Kier molecular flexibility index (Phi) is 12.5. The van der Waals surface area contributed by atoms with Gasteiger partial charge in [0.25, 0.3) is 5.91 Å². The number of benzene rings is 1. The van der Waals surface area contributed by atoms with Crippen molar-refractivity contribution in [3.63, 3.8) is 0 Å². The number of nitrogens with zero attached hydrogens (tertiary/aromatic N) is 2. The van der Waals surface area contributed by atoms with E-state index in [2.05, 4.69) is 26.3 Å². The Morgan fingerprint density at radius 2 is 1.93 bits per heavy atom. The molecular weight excluding hydrogens is 586 g/mol. The monoisotopic (exact) mass is 622 g/mol. The molecule has 238 valence electrons. The number of rotatable bonds is 11. The van der Waals surface area contributed by atoms with Gasteiger partial charge >= 0.3 is 6.03 Å². The number of ketones is 1. The summed E-state index contributed by atoms with van der Waals surface area (Å²) < 4.78 is 32.8. The van der Waals surface area contributed by atoms with E-state index in [9.17, 15) is 28.3 Å². The Morgan fingerprint density at radius 1 is 1.18 bits per heavy atom. The van der Waals surface area contributed by atoms with Gasteiger partial charge in [0.1, 0.15) is 17.9 Å². The quantitative estimate of drug-likeness (QED) is 0.188. The van der Waals surface area contributed by atoms with Crippen LogP contribution in [0, 0.1) is 23.0 Å². The lowest BCUT2D eigenvalue weighted by molar-refractivity contribution is -0.122. The van der Waals surface area contributed by atoms with Crippen LogP contribution in [0.25, 0.3) is 0 Å². The standard InChI is InChI=1S/C32H36F2N6O5/c1-18(29(36-3)20-7-5-6-8-28(41)24(13-20)31(43)37-4)19(2)39-32(44)40-27(17-38-16-23-11-10-22(15-35)45-23)30(42)21-9-12-25(33)26(34)14-21/h7,9-14,27,30,38,42H,5-6,8,16-17H2,1-4H3,(H,37,43)(H2,39,40,44)/b19-18+,20-7+,24-13+,36-29+/t27-,30+/m1/s1. The number of hydrogen-bond donors (Lipinski definition) is 5. The third kappa shape index (κ3) is 9.28. The van der Waals surface area contributed by atoms with E-state index in [1.54, 1.807) is 27.0 Å². The van der Waals surface area contributed by atoms with Crippen LogP contribution in [-0.2, 0) is 16.1 Å². The van der Waals surface area contributed by atoms with Crippen molar-refractivity contribution in [2.45, 2.75) is 51.8 Å². The molecule has 1 aliphatic carbocycles. The van der Waals surface area contributed by atoms with Gasteiger partial charge in [0.2, 0.25) is 5.76 Å². The molecule has 5 N–H and O–H groups in total. The summed E-state index contributed by atoms with van der Waals surface area (Å²) in [5, 5.41) is 30.9. The van der Waals surface area contributed by atoms with Crippen molar-refractivity contribution in [3.05, 3.63) is 93.6 Å². The molecule has 1 aromatic carbocycles. The van der Waals surface area contributed by atoms with E-state index in [4.69, 9.17) is 9.68 Å². The van der Waals surface area contributed by atoms with Crippen LogP contribution in [0.1, 0.15) is 56.3 Å². The number of likely N-dealkylation sites (N-methyl/N-ethyl adjacent to an activating group) is 1. The van der Waals surface area contributed by atoms with Crippen LogP contribution in [0.15, 0.2) is 74.3 Å². The van der Waals surface area contributed by atoms with Gasteiger partial charge in [0.05, 0.1) is 23.9 Å². The number of urea groups is 1. The minimum absolute atomic E-state index is 0.0145. The number of hydrogen-bond acceptors (Lipinski definition) is 8. The Hall–Kier alpha value is -4.93. The van der Waals surface area contributed by atoms with Crippen molar-refractivity contribution in [2.75, 3.05) is 20.6 Å². The lowest BCUT2D eigenvalue weighted by Gasteiger charge is -2.25. The molecule has 13 heteroatoms. The highest BCUT2D eigenvalue weighted by molar-refractivity contribution is 6.22. The number of nitriles is 1. The van der Waals surface area contributed by atoms with Gasteiger partial charge in [-0.3, -0.25) is 14.6 Å². The van der Waals surface area contributed by atoms with Crippen LogP contribution in [0.5, 0.6) is 0 Å². The second kappa shape index (κ2) is 16.2. The molecule has 45 heavy (non-hydrogen) atoms.